The van der Waals surface area contributed by atoms with E-state index >= 15 is 0 Å². The van der Waals surface area contributed by atoms with Gasteiger partial charge in [-0.2, -0.15) is 4.31 Å². The van der Waals surface area contributed by atoms with Crippen molar-refractivity contribution in [3.63, 3.8) is 0 Å². The maximum Gasteiger partial charge on any atom is 0.243 e. The summed E-state index contributed by atoms with van der Waals surface area (Å²) in [4.78, 5) is 13.6. The van der Waals surface area contributed by atoms with Gasteiger partial charge in [0.15, 0.2) is 11.5 Å². The van der Waals surface area contributed by atoms with Gasteiger partial charge in [-0.3, -0.25) is 4.79 Å². The number of amides is 1. The second-order valence-electron chi connectivity index (χ2n) is 7.18. The van der Waals surface area contributed by atoms with Crippen LogP contribution in [0.15, 0.2) is 40.6 Å². The van der Waals surface area contributed by atoms with E-state index in [1.807, 2.05) is 31.4 Å². The lowest BCUT2D eigenvalue weighted by molar-refractivity contribution is -0.121. The number of ether oxygens (including phenoxy) is 2. The molecular weight excluding hydrogens is 412 g/mol. The molecule has 0 bridgehead atoms. The van der Waals surface area contributed by atoms with Crippen LogP contribution in [0.4, 0.5) is 0 Å². The summed E-state index contributed by atoms with van der Waals surface area (Å²) in [6, 6.07) is 8.39. The normalized spacial score (nSPS) is 13.7. The van der Waals surface area contributed by atoms with E-state index in [0.29, 0.717) is 43.6 Å². The van der Waals surface area contributed by atoms with Gasteiger partial charge in [-0.1, -0.05) is 19.9 Å². The predicted molar refractivity (Wildman–Crippen MR) is 112 cm³/mol. The molecule has 1 aliphatic rings. The number of nitrogens with one attached hydrogen (secondary N) is 1. The lowest BCUT2D eigenvalue weighted by Gasteiger charge is -2.24. The fourth-order valence-electron chi connectivity index (χ4n) is 2.83. The number of carbonyl (C=O) groups is 1. The molecule has 2 aromatic rings. The van der Waals surface area contributed by atoms with Crippen molar-refractivity contribution in [2.45, 2.75) is 31.7 Å². The van der Waals surface area contributed by atoms with E-state index in [2.05, 4.69) is 5.32 Å². The zero-order valence-corrected chi connectivity index (χ0v) is 18.2. The van der Waals surface area contributed by atoms with Crippen molar-refractivity contribution in [1.82, 2.24) is 9.62 Å². The zero-order chi connectivity index (χ0) is 20.9. The molecule has 0 atom stereocenters. The first-order valence-electron chi connectivity index (χ1n) is 9.55. The number of nitrogens with zero attached hydrogens (tertiary/aromatic N) is 1. The smallest absolute Gasteiger partial charge is 0.243 e. The maximum atomic E-state index is 13.3. The van der Waals surface area contributed by atoms with Crippen molar-refractivity contribution in [3.8, 4) is 11.5 Å². The highest BCUT2D eigenvalue weighted by molar-refractivity contribution is 7.89. The third-order valence-electron chi connectivity index (χ3n) is 4.47. The Bertz CT molecular complexity index is 926. The summed E-state index contributed by atoms with van der Waals surface area (Å²) in [6.07, 6.45) is 0.655. The van der Waals surface area contributed by atoms with Gasteiger partial charge in [-0.25, -0.2) is 8.42 Å². The van der Waals surface area contributed by atoms with E-state index in [1.165, 1.54) is 16.4 Å². The van der Waals surface area contributed by atoms with Gasteiger partial charge < -0.3 is 14.8 Å². The molecule has 1 amide bonds. The summed E-state index contributed by atoms with van der Waals surface area (Å²) >= 11 is 1.54. The first kappa shape index (κ1) is 21.6. The molecule has 0 unspecified atom stereocenters. The first-order chi connectivity index (χ1) is 13.9. The van der Waals surface area contributed by atoms with E-state index in [-0.39, 0.29) is 23.9 Å². The van der Waals surface area contributed by atoms with Gasteiger partial charge >= 0.3 is 0 Å². The van der Waals surface area contributed by atoms with Gasteiger partial charge in [0.25, 0.3) is 0 Å². The fraction of sp³-hybridized carbons (Fsp3) is 0.450. The summed E-state index contributed by atoms with van der Waals surface area (Å²) in [5.74, 6) is 0.909. The van der Waals surface area contributed by atoms with Crippen molar-refractivity contribution in [2.24, 2.45) is 5.92 Å². The molecule has 0 saturated carbocycles. The molecule has 3 rings (SSSR count). The lowest BCUT2D eigenvalue weighted by atomic mass is 10.1. The van der Waals surface area contributed by atoms with Gasteiger partial charge in [0.1, 0.15) is 13.2 Å². The maximum absolute atomic E-state index is 13.3. The van der Waals surface area contributed by atoms with Crippen LogP contribution in [0.3, 0.4) is 0 Å². The van der Waals surface area contributed by atoms with E-state index in [4.69, 9.17) is 9.47 Å². The van der Waals surface area contributed by atoms with Crippen LogP contribution in [0.25, 0.3) is 0 Å². The number of fused-ring (bicyclic) bond motifs is 1. The second-order valence-corrected chi connectivity index (χ2v) is 10.2. The molecule has 0 radical (unpaired) electrons. The molecule has 0 aliphatic carbocycles. The Morgan fingerprint density at radius 1 is 1.21 bits per heavy atom. The number of benzene rings is 1. The number of rotatable bonds is 9. The van der Waals surface area contributed by atoms with Crippen LogP contribution in [0.1, 0.15) is 25.1 Å². The molecule has 1 N–H and O–H groups in total. The summed E-state index contributed by atoms with van der Waals surface area (Å²) in [6.45, 7) is 5.27. The van der Waals surface area contributed by atoms with Crippen LogP contribution in [0.5, 0.6) is 11.5 Å². The van der Waals surface area contributed by atoms with Crippen LogP contribution in [-0.4, -0.2) is 44.9 Å². The topological polar surface area (TPSA) is 84.9 Å². The van der Waals surface area contributed by atoms with Gasteiger partial charge in [0.05, 0.1) is 18.0 Å². The summed E-state index contributed by atoms with van der Waals surface area (Å²) < 4.78 is 38.7. The Balaban J connectivity index is 1.76. The van der Waals surface area contributed by atoms with Gasteiger partial charge in [-0.05, 0) is 35.9 Å². The number of thiophene rings is 1. The number of hydrogen-bond donors (Lipinski definition) is 1. The van der Waals surface area contributed by atoms with Crippen LogP contribution >= 0.6 is 11.3 Å². The summed E-state index contributed by atoms with van der Waals surface area (Å²) in [5.41, 5.74) is 0. The largest absolute Gasteiger partial charge is 0.486 e. The predicted octanol–water partition coefficient (Wildman–Crippen LogP) is 2.87. The van der Waals surface area contributed by atoms with Crippen molar-refractivity contribution in [3.05, 3.63) is 40.6 Å². The minimum absolute atomic E-state index is 0.0940. The Hall–Kier alpha value is -2.10. The van der Waals surface area contributed by atoms with Gasteiger partial charge in [-0.15, -0.1) is 11.3 Å². The second kappa shape index (κ2) is 9.60. The molecular formula is C20H26N2O5S2. The lowest BCUT2D eigenvalue weighted by Crippen LogP contribution is -2.41. The Labute approximate surface area is 175 Å². The Kier molecular flexibility index (Phi) is 7.15. The molecule has 0 saturated heterocycles. The van der Waals surface area contributed by atoms with E-state index in [1.54, 1.807) is 17.4 Å². The molecule has 0 fully saturated rings. The minimum atomic E-state index is -3.86. The quantitative estimate of drug-likeness (QED) is 0.651. The van der Waals surface area contributed by atoms with Gasteiger partial charge in [0.2, 0.25) is 15.9 Å². The van der Waals surface area contributed by atoms with E-state index in [0.717, 1.165) is 4.88 Å². The molecule has 158 valence electrons. The highest BCUT2D eigenvalue weighted by Gasteiger charge is 2.28. The highest BCUT2D eigenvalue weighted by Crippen LogP contribution is 2.33. The van der Waals surface area contributed by atoms with Gasteiger partial charge in [0, 0.05) is 17.5 Å². The zero-order valence-electron chi connectivity index (χ0n) is 16.6. The van der Waals surface area contributed by atoms with E-state index in [9.17, 15) is 13.2 Å². The third-order valence-corrected chi connectivity index (χ3v) is 7.18. The summed E-state index contributed by atoms with van der Waals surface area (Å²) in [5, 5.41) is 4.73. The molecule has 9 heteroatoms. The average molecular weight is 439 g/mol. The van der Waals surface area contributed by atoms with Crippen molar-refractivity contribution in [2.75, 3.05) is 26.3 Å². The third kappa shape index (κ3) is 5.71. The number of hydrogen-bond acceptors (Lipinski definition) is 6. The number of carbonyl (C=O) groups excluding carboxylic acids is 1. The number of sulfonamides is 1. The fourth-order valence-corrected chi connectivity index (χ4v) is 4.91. The minimum Gasteiger partial charge on any atom is -0.486 e. The highest BCUT2D eigenvalue weighted by atomic mass is 32.2. The molecule has 1 aliphatic heterocycles. The average Bonchev–Trinajstić information content (AvgIpc) is 3.22. The molecule has 1 aromatic heterocycles. The van der Waals surface area contributed by atoms with Crippen molar-refractivity contribution < 1.29 is 22.7 Å². The monoisotopic (exact) mass is 438 g/mol. The molecule has 0 spiro atoms. The van der Waals surface area contributed by atoms with Crippen LogP contribution in [0.2, 0.25) is 0 Å². The molecule has 7 nitrogen and oxygen atoms in total. The molecule has 29 heavy (non-hydrogen) atoms. The summed E-state index contributed by atoms with van der Waals surface area (Å²) in [7, 11) is -3.86. The standard InChI is InChI=1S/C20H26N2O5S2/c1-15(2)7-8-22(14-20(23)21-13-16-4-3-11-28-16)29(24,25)17-5-6-18-19(12-17)27-10-9-26-18/h3-6,11-12,15H,7-10,13-14H2,1-2H3,(H,21,23). The van der Waals surface area contributed by atoms with Crippen molar-refractivity contribution in [1.29, 1.82) is 0 Å². The Morgan fingerprint density at radius 2 is 1.97 bits per heavy atom. The van der Waals surface area contributed by atoms with Crippen LogP contribution in [0, 0.1) is 5.92 Å². The van der Waals surface area contributed by atoms with E-state index < -0.39 is 10.0 Å². The van der Waals surface area contributed by atoms with Crippen LogP contribution in [-0.2, 0) is 21.4 Å². The van der Waals surface area contributed by atoms with Crippen molar-refractivity contribution >= 4 is 27.3 Å². The first-order valence-corrected chi connectivity index (χ1v) is 11.9. The Morgan fingerprint density at radius 3 is 2.66 bits per heavy atom. The van der Waals surface area contributed by atoms with Crippen LogP contribution < -0.4 is 14.8 Å². The molecule has 2 heterocycles. The molecule has 1 aromatic carbocycles. The SMILES string of the molecule is CC(C)CCN(CC(=O)NCc1cccs1)S(=O)(=O)c1ccc2c(c1)OCCO2.